The van der Waals surface area contributed by atoms with Gasteiger partial charge in [0.05, 0.1) is 32.2 Å². The quantitative estimate of drug-likeness (QED) is 0.0602. The largest absolute Gasteiger partial charge is 0.348 e. The number of nitrogens with zero attached hydrogens (tertiary/aromatic N) is 2. The van der Waals surface area contributed by atoms with E-state index in [-0.39, 0.29) is 61.0 Å². The molecule has 2 fully saturated rings. The van der Waals surface area contributed by atoms with Crippen molar-refractivity contribution in [2.24, 2.45) is 5.41 Å². The summed E-state index contributed by atoms with van der Waals surface area (Å²) < 4.78 is 0. The first-order valence-corrected chi connectivity index (χ1v) is 32.1. The van der Waals surface area contributed by atoms with Crippen LogP contribution in [-0.4, -0.2) is 134 Å². The van der Waals surface area contributed by atoms with Gasteiger partial charge in [-0.2, -0.15) is 0 Å². The van der Waals surface area contributed by atoms with E-state index in [9.17, 15) is 38.4 Å². The molecule has 0 radical (unpaired) electrons. The van der Waals surface area contributed by atoms with Crippen LogP contribution in [0.4, 0.5) is 5.69 Å². The zero-order chi connectivity index (χ0) is 58.3. The molecule has 2 aliphatic carbocycles. The third kappa shape index (κ3) is 14.5. The van der Waals surface area contributed by atoms with Crippen LogP contribution in [0.5, 0.6) is 0 Å². The summed E-state index contributed by atoms with van der Waals surface area (Å²) >= 11 is 0. The van der Waals surface area contributed by atoms with Crippen LogP contribution in [-0.2, 0) is 48.0 Å². The number of likely N-dealkylation sites (tertiary alicyclic amines) is 1. The number of carbonyl (C=O) groups excluding carboxylic acids is 8. The number of nitrogens with one attached hydrogen (secondary N) is 8. The Bertz CT molecular complexity index is 2980. The van der Waals surface area contributed by atoms with Crippen molar-refractivity contribution in [2.75, 3.05) is 32.1 Å². The van der Waals surface area contributed by atoms with Gasteiger partial charge in [-0.25, -0.2) is 0 Å². The Morgan fingerprint density at radius 3 is 1.69 bits per heavy atom. The van der Waals surface area contributed by atoms with Crippen LogP contribution in [0, 0.1) is 5.41 Å². The van der Waals surface area contributed by atoms with Crippen molar-refractivity contribution in [3.8, 4) is 0 Å². The summed E-state index contributed by atoms with van der Waals surface area (Å²) in [5.41, 5.74) is 5.61. The van der Waals surface area contributed by atoms with Crippen molar-refractivity contribution in [2.45, 2.75) is 159 Å². The maximum atomic E-state index is 14.7. The van der Waals surface area contributed by atoms with Gasteiger partial charge in [-0.15, -0.1) is 0 Å². The molecule has 0 spiro atoms. The van der Waals surface area contributed by atoms with E-state index in [1.165, 1.54) is 16.0 Å². The smallest absolute Gasteiger partial charge is 0.255 e. The Hall–Kier alpha value is -7.22. The second-order valence-electron chi connectivity index (χ2n) is 24.4. The molecule has 18 nitrogen and oxygen atoms in total. The fraction of sp³-hybridized carbons (Fsp3) is 0.484. The average molecular weight is 1120 g/mol. The molecule has 4 aromatic rings. The number of benzene rings is 4. The Morgan fingerprint density at radius 1 is 0.617 bits per heavy atom. The second-order valence-corrected chi connectivity index (χ2v) is 29.4. The number of hydrogen-bond acceptors (Lipinski definition) is 10. The summed E-state index contributed by atoms with van der Waals surface area (Å²) in [6.45, 7) is 13.4. The Morgan fingerprint density at radius 2 is 1.14 bits per heavy atom. The first-order valence-electron chi connectivity index (χ1n) is 28.7. The van der Waals surface area contributed by atoms with Crippen LogP contribution in [0.3, 0.4) is 0 Å². The molecule has 9 atom stereocenters. The predicted molar refractivity (Wildman–Crippen MR) is 315 cm³/mol. The van der Waals surface area contributed by atoms with Gasteiger partial charge in [-0.3, -0.25) is 38.4 Å². The highest BCUT2D eigenvalue weighted by molar-refractivity contribution is 6.79. The summed E-state index contributed by atoms with van der Waals surface area (Å²) in [5, 5.41) is 24.2. The van der Waals surface area contributed by atoms with Gasteiger partial charge < -0.3 is 52.3 Å². The van der Waals surface area contributed by atoms with Crippen LogP contribution < -0.4 is 42.5 Å². The SMILES string of the molecule is CN[C@@H](C)C(=O)N[C@@H](Cc1ccc(C(=O)Nc2ccc(C(=O)N[C@H]3C[C@@H](C(=O)N[C@@H]4CCCc5ccccc54)N(C(=O)[C@@H](NC(=O)[C@H](C)NC)C(C)(C)C)C3)cc2)cc1)C(=O)N1C[Si](C)(C)C[C@H]1C(=O)N[C@@H]1CCCc2ccccc21. The highest BCUT2D eigenvalue weighted by Gasteiger charge is 2.48. The zero-order valence-corrected chi connectivity index (χ0v) is 49.4. The molecule has 8 N–H and O–H groups in total. The minimum absolute atomic E-state index is 0.0376. The third-order valence-electron chi connectivity index (χ3n) is 16.6. The average Bonchev–Trinajstić information content (AvgIpc) is 4.27. The summed E-state index contributed by atoms with van der Waals surface area (Å²) in [7, 11) is 1.30. The summed E-state index contributed by atoms with van der Waals surface area (Å²) in [4.78, 5) is 115. The molecule has 0 unspecified atom stereocenters. The van der Waals surface area contributed by atoms with E-state index >= 15 is 0 Å². The molecule has 0 bridgehead atoms. The topological polar surface area (TPSA) is 239 Å². The molecule has 4 aromatic carbocycles. The number of carbonyl (C=O) groups is 8. The second kappa shape index (κ2) is 25.7. The summed E-state index contributed by atoms with van der Waals surface area (Å²) in [6.07, 6.45) is 6.05. The van der Waals surface area contributed by atoms with E-state index in [2.05, 4.69) is 73.8 Å². The Labute approximate surface area is 477 Å². The van der Waals surface area contributed by atoms with Gasteiger partial charge in [0.2, 0.25) is 35.4 Å². The van der Waals surface area contributed by atoms with Gasteiger partial charge in [0, 0.05) is 42.0 Å². The van der Waals surface area contributed by atoms with E-state index in [1.807, 2.05) is 51.1 Å². The standard InChI is InChI=1S/C62H82N10O8Si/c1-37(63-6)54(73)69-50(60(79)72-36-81(8,9)35-52(72)59(78)68-49-23-15-19-41-17-11-13-21-47(41)49)32-39-24-26-42(27-25-39)56(75)65-44-30-28-43(29-31-44)57(76)66-45-33-51(58(77)67-48-22-14-18-40-16-10-12-20-46(40)48)71(34-45)61(80)53(62(3,4)5)70-55(74)38(2)64-7/h10-13,16-17,20-21,24-31,37-38,45,48-53,63-64H,14-15,18-19,22-23,32-36H2,1-9H3,(H,65,75)(H,66,76)(H,67,77)(H,68,78)(H,69,73)(H,70,74)/t37-,38-,45-,48+,49+,50-,51-,52-,53+/m0/s1. The molecule has 4 aliphatic rings. The Balaban J connectivity index is 0.914. The van der Waals surface area contributed by atoms with Crippen molar-refractivity contribution in [3.05, 3.63) is 136 Å². The molecule has 2 aliphatic heterocycles. The lowest BCUT2D eigenvalue weighted by Crippen LogP contribution is -2.59. The van der Waals surface area contributed by atoms with Gasteiger partial charge in [0.25, 0.3) is 11.8 Å². The molecular weight excluding hydrogens is 1040 g/mol. The van der Waals surface area contributed by atoms with Gasteiger partial charge in [0.1, 0.15) is 24.2 Å². The fourth-order valence-electron chi connectivity index (χ4n) is 11.8. The monoisotopic (exact) mass is 1120 g/mol. The predicted octanol–water partition coefficient (Wildman–Crippen LogP) is 5.26. The maximum absolute atomic E-state index is 14.7. The lowest BCUT2D eigenvalue weighted by molar-refractivity contribution is -0.144. The van der Waals surface area contributed by atoms with Crippen molar-refractivity contribution < 1.29 is 38.4 Å². The van der Waals surface area contributed by atoms with Crippen molar-refractivity contribution >= 4 is 61.0 Å². The number of amides is 8. The van der Waals surface area contributed by atoms with Crippen molar-refractivity contribution in [1.29, 1.82) is 0 Å². The van der Waals surface area contributed by atoms with E-state index in [0.29, 0.717) is 34.6 Å². The first-order chi connectivity index (χ1) is 38.5. The number of anilines is 1. The highest BCUT2D eigenvalue weighted by Crippen LogP contribution is 2.34. The third-order valence-corrected chi connectivity index (χ3v) is 19.3. The van der Waals surface area contributed by atoms with Crippen LogP contribution in [0.2, 0.25) is 19.1 Å². The lowest BCUT2D eigenvalue weighted by Gasteiger charge is -2.36. The van der Waals surface area contributed by atoms with Crippen LogP contribution in [0.15, 0.2) is 97.1 Å². The van der Waals surface area contributed by atoms with Crippen molar-refractivity contribution in [1.82, 2.24) is 47.0 Å². The number of fused-ring (bicyclic) bond motifs is 2. The molecule has 2 saturated heterocycles. The van der Waals surface area contributed by atoms with Gasteiger partial charge in [-0.1, -0.05) is 94.5 Å². The minimum atomic E-state index is -2.03. The van der Waals surface area contributed by atoms with E-state index < -0.39 is 73.5 Å². The molecule has 81 heavy (non-hydrogen) atoms. The molecule has 19 heteroatoms. The first kappa shape index (κ1) is 59.9. The zero-order valence-electron chi connectivity index (χ0n) is 48.4. The molecular formula is C62H82N10O8Si. The van der Waals surface area contributed by atoms with E-state index in [1.54, 1.807) is 81.4 Å². The van der Waals surface area contributed by atoms with Crippen LogP contribution in [0.25, 0.3) is 0 Å². The molecule has 0 aromatic heterocycles. The molecule has 8 rings (SSSR count). The molecule has 0 saturated carbocycles. The van der Waals surface area contributed by atoms with Crippen LogP contribution >= 0.6 is 0 Å². The van der Waals surface area contributed by atoms with Gasteiger partial charge in [-0.05, 0) is 149 Å². The van der Waals surface area contributed by atoms with E-state index in [4.69, 9.17) is 0 Å². The number of likely N-dealkylation sites (N-methyl/N-ethyl adjacent to an activating group) is 2. The number of hydrogen-bond donors (Lipinski definition) is 8. The van der Waals surface area contributed by atoms with Crippen LogP contribution in [0.1, 0.15) is 127 Å². The number of aryl methyl sites for hydroxylation is 2. The summed E-state index contributed by atoms with van der Waals surface area (Å²) in [6, 6.07) is 24.3. The summed E-state index contributed by atoms with van der Waals surface area (Å²) in [5.74, 6) is -2.81. The highest BCUT2D eigenvalue weighted by atomic mass is 28.3. The van der Waals surface area contributed by atoms with Gasteiger partial charge in [0.15, 0.2) is 0 Å². The van der Waals surface area contributed by atoms with Crippen molar-refractivity contribution in [3.63, 3.8) is 0 Å². The molecule has 8 amide bonds. The molecule has 2 heterocycles. The normalized spacial score (nSPS) is 21.7. The maximum Gasteiger partial charge on any atom is 0.255 e. The van der Waals surface area contributed by atoms with Gasteiger partial charge >= 0.3 is 0 Å². The molecule has 432 valence electrons. The number of rotatable bonds is 18. The lowest BCUT2D eigenvalue weighted by atomic mass is 9.85. The minimum Gasteiger partial charge on any atom is -0.348 e. The Kier molecular flexibility index (Phi) is 19.0. The van der Waals surface area contributed by atoms with E-state index in [0.717, 1.165) is 49.7 Å². The fourth-order valence-corrected chi connectivity index (χ4v) is 14.6.